The first-order valence-corrected chi connectivity index (χ1v) is 9.06. The average molecular weight is 360 g/mol. The molecule has 136 valence electrons. The van der Waals surface area contributed by atoms with Crippen LogP contribution in [-0.4, -0.2) is 24.7 Å². The minimum atomic E-state index is -0.764. The Morgan fingerprint density at radius 2 is 1.19 bits per heavy atom. The lowest BCUT2D eigenvalue weighted by atomic mass is 9.75. The van der Waals surface area contributed by atoms with Gasteiger partial charge >= 0.3 is 0 Å². The molecule has 2 atom stereocenters. The fourth-order valence-corrected chi connectivity index (χ4v) is 3.78. The molecule has 2 N–H and O–H groups in total. The molecule has 1 saturated heterocycles. The number of hydrogen-bond donors (Lipinski definition) is 2. The van der Waals surface area contributed by atoms with Crippen molar-refractivity contribution in [1.29, 1.82) is 0 Å². The van der Waals surface area contributed by atoms with Crippen LogP contribution in [0, 0.1) is 0 Å². The summed E-state index contributed by atoms with van der Waals surface area (Å²) in [5.41, 5.74) is 2.23. The topological polar surface area (TPSA) is 41.1 Å². The van der Waals surface area contributed by atoms with E-state index in [1.807, 2.05) is 91.0 Å². The van der Waals surface area contributed by atoms with Gasteiger partial charge in [-0.1, -0.05) is 91.0 Å². The number of benzene rings is 3. The van der Waals surface area contributed by atoms with Crippen molar-refractivity contribution in [3.63, 3.8) is 0 Å². The van der Waals surface area contributed by atoms with Crippen LogP contribution in [0.1, 0.15) is 16.7 Å². The van der Waals surface area contributed by atoms with Crippen LogP contribution in [0.5, 0.6) is 0 Å². The number of alkyl halides is 1. The van der Waals surface area contributed by atoms with Gasteiger partial charge in [-0.3, -0.25) is 10.1 Å². The van der Waals surface area contributed by atoms with Gasteiger partial charge < -0.3 is 5.32 Å². The van der Waals surface area contributed by atoms with E-state index in [9.17, 15) is 9.18 Å². The van der Waals surface area contributed by atoms with Crippen molar-refractivity contribution in [2.75, 3.05) is 6.67 Å². The number of halogens is 1. The zero-order valence-corrected chi connectivity index (χ0v) is 14.8. The molecule has 1 amide bonds. The van der Waals surface area contributed by atoms with E-state index < -0.39 is 24.3 Å². The number of carbonyl (C=O) groups is 1. The highest BCUT2D eigenvalue weighted by atomic mass is 19.1. The van der Waals surface area contributed by atoms with Crippen molar-refractivity contribution in [3.05, 3.63) is 108 Å². The van der Waals surface area contributed by atoms with E-state index in [1.54, 1.807) is 0 Å². The molecule has 4 rings (SSSR count). The highest BCUT2D eigenvalue weighted by Crippen LogP contribution is 2.38. The van der Waals surface area contributed by atoms with Crippen LogP contribution in [0.3, 0.4) is 0 Å². The smallest absolute Gasteiger partial charge is 0.239 e. The normalized spacial score (nSPS) is 19.2. The van der Waals surface area contributed by atoms with Crippen LogP contribution in [-0.2, 0) is 10.3 Å². The molecule has 0 aromatic heterocycles. The number of rotatable bonds is 6. The first-order chi connectivity index (χ1) is 13.3. The highest BCUT2D eigenvalue weighted by Gasteiger charge is 2.47. The molecule has 0 aliphatic carbocycles. The van der Waals surface area contributed by atoms with Gasteiger partial charge in [-0.05, 0) is 16.7 Å². The highest BCUT2D eigenvalue weighted by molar-refractivity contribution is 5.89. The lowest BCUT2D eigenvalue weighted by molar-refractivity contribution is -0.132. The number of hydrogen-bond acceptors (Lipinski definition) is 2. The third kappa shape index (κ3) is 3.02. The Morgan fingerprint density at radius 3 is 1.52 bits per heavy atom. The second-order valence-electron chi connectivity index (χ2n) is 6.74. The summed E-state index contributed by atoms with van der Waals surface area (Å²) >= 11 is 0. The Morgan fingerprint density at radius 1 is 0.778 bits per heavy atom. The van der Waals surface area contributed by atoms with Crippen LogP contribution in [0.2, 0.25) is 0 Å². The Labute approximate surface area is 158 Å². The fraction of sp³-hybridized carbons (Fsp3) is 0.174. The summed E-state index contributed by atoms with van der Waals surface area (Å²) in [6.45, 7) is -0.599. The van der Waals surface area contributed by atoms with Gasteiger partial charge in [0, 0.05) is 0 Å². The summed E-state index contributed by atoms with van der Waals surface area (Å²) in [5, 5.41) is 6.16. The molecule has 27 heavy (non-hydrogen) atoms. The van der Waals surface area contributed by atoms with Gasteiger partial charge in [-0.25, -0.2) is 4.39 Å². The molecule has 3 aromatic carbocycles. The predicted octanol–water partition coefficient (Wildman–Crippen LogP) is 3.40. The first kappa shape index (κ1) is 17.4. The van der Waals surface area contributed by atoms with Crippen molar-refractivity contribution in [2.45, 2.75) is 17.6 Å². The van der Waals surface area contributed by atoms with Crippen molar-refractivity contribution in [2.24, 2.45) is 0 Å². The molecule has 1 aliphatic rings. The predicted molar refractivity (Wildman–Crippen MR) is 104 cm³/mol. The molecule has 0 bridgehead atoms. The molecule has 1 heterocycles. The molecule has 0 radical (unpaired) electrons. The number of β-lactam (4-membered cyclic amide) rings is 1. The van der Waals surface area contributed by atoms with Crippen molar-refractivity contribution in [1.82, 2.24) is 10.6 Å². The summed E-state index contributed by atoms with van der Waals surface area (Å²) in [4.78, 5) is 12.2. The van der Waals surface area contributed by atoms with E-state index in [4.69, 9.17) is 0 Å². The van der Waals surface area contributed by atoms with Gasteiger partial charge in [0.15, 0.2) is 0 Å². The zero-order chi connectivity index (χ0) is 18.7. The second kappa shape index (κ2) is 7.33. The van der Waals surface area contributed by atoms with Crippen LogP contribution in [0.4, 0.5) is 4.39 Å². The van der Waals surface area contributed by atoms with Gasteiger partial charge in [0.1, 0.15) is 12.7 Å². The largest absolute Gasteiger partial charge is 0.347 e. The minimum absolute atomic E-state index is 0.176. The monoisotopic (exact) mass is 360 g/mol. The number of amides is 1. The molecule has 0 spiro atoms. The zero-order valence-electron chi connectivity index (χ0n) is 14.8. The van der Waals surface area contributed by atoms with Crippen molar-refractivity contribution >= 4 is 5.91 Å². The maximum Gasteiger partial charge on any atom is 0.239 e. The van der Waals surface area contributed by atoms with Gasteiger partial charge in [-0.2, -0.15) is 0 Å². The molecule has 4 heteroatoms. The summed E-state index contributed by atoms with van der Waals surface area (Å²) < 4.78 is 13.4. The average Bonchev–Trinajstić information content (AvgIpc) is 2.74. The number of nitrogens with one attached hydrogen (secondary N) is 2. The minimum Gasteiger partial charge on any atom is -0.347 e. The molecule has 3 aromatic rings. The van der Waals surface area contributed by atoms with Crippen LogP contribution in [0.15, 0.2) is 91.0 Å². The Kier molecular flexibility index (Phi) is 4.73. The molecule has 1 fully saturated rings. The summed E-state index contributed by atoms with van der Waals surface area (Å²) in [5.74, 6) is -0.176. The third-order valence-corrected chi connectivity index (χ3v) is 5.17. The van der Waals surface area contributed by atoms with E-state index in [0.29, 0.717) is 0 Å². The Balaban J connectivity index is 1.93. The maximum absolute atomic E-state index is 13.4. The quantitative estimate of drug-likeness (QED) is 0.523. The fourth-order valence-electron chi connectivity index (χ4n) is 3.78. The van der Waals surface area contributed by atoms with E-state index >= 15 is 0 Å². The summed E-state index contributed by atoms with van der Waals surface area (Å²) in [7, 11) is 0. The molecular formula is C23H21FN2O. The van der Waals surface area contributed by atoms with E-state index in [0.717, 1.165) is 16.7 Å². The summed E-state index contributed by atoms with van der Waals surface area (Å²) in [6.07, 6.45) is 0. The standard InChI is InChI=1S/C23H21FN2O/c24-16-20-21(22(27)25-20)26-23(17-10-4-1-5-11-17,18-12-6-2-7-13-18)19-14-8-3-9-15-19/h1-15,20-21,26H,16H2,(H,25,27). The lowest BCUT2D eigenvalue weighted by Gasteiger charge is -2.45. The third-order valence-electron chi connectivity index (χ3n) is 5.17. The maximum atomic E-state index is 13.4. The van der Waals surface area contributed by atoms with Gasteiger partial charge in [0.2, 0.25) is 5.91 Å². The van der Waals surface area contributed by atoms with Crippen molar-refractivity contribution < 1.29 is 9.18 Å². The molecule has 0 saturated carbocycles. The summed E-state index contributed by atoms with van der Waals surface area (Å²) in [6, 6.07) is 28.8. The van der Waals surface area contributed by atoms with E-state index in [-0.39, 0.29) is 5.91 Å². The van der Waals surface area contributed by atoms with Gasteiger partial charge in [0.05, 0.1) is 11.6 Å². The molecule has 1 aliphatic heterocycles. The second-order valence-corrected chi connectivity index (χ2v) is 6.74. The number of carbonyl (C=O) groups excluding carboxylic acids is 1. The Hall–Kier alpha value is -2.98. The Bertz CT molecular complexity index is 803. The van der Waals surface area contributed by atoms with Crippen LogP contribution >= 0.6 is 0 Å². The van der Waals surface area contributed by atoms with Crippen LogP contribution < -0.4 is 10.6 Å². The lowest BCUT2D eigenvalue weighted by Crippen LogP contribution is -2.72. The van der Waals surface area contributed by atoms with Crippen LogP contribution in [0.25, 0.3) is 0 Å². The van der Waals surface area contributed by atoms with Gasteiger partial charge in [-0.15, -0.1) is 0 Å². The van der Waals surface area contributed by atoms with E-state index in [1.165, 1.54) is 0 Å². The first-order valence-electron chi connectivity index (χ1n) is 9.06. The molecule has 2 unspecified atom stereocenters. The van der Waals surface area contributed by atoms with E-state index in [2.05, 4.69) is 10.6 Å². The molecular weight excluding hydrogens is 339 g/mol. The molecule has 3 nitrogen and oxygen atoms in total. The SMILES string of the molecule is O=C1NC(CF)C1NC(c1ccccc1)(c1ccccc1)c1ccccc1. The van der Waals surface area contributed by atoms with Gasteiger partial charge in [0.25, 0.3) is 0 Å². The van der Waals surface area contributed by atoms with Crippen molar-refractivity contribution in [3.8, 4) is 0 Å².